The third-order valence-electron chi connectivity index (χ3n) is 11.3. The second-order valence-corrected chi connectivity index (χ2v) is 16.6. The zero-order valence-electron chi connectivity index (χ0n) is 38.2. The van der Waals surface area contributed by atoms with Crippen LogP contribution in [0.2, 0.25) is 0 Å². The molecule has 0 bridgehead atoms. The van der Waals surface area contributed by atoms with Crippen LogP contribution in [0.1, 0.15) is 37.5 Å². The molecular weight excluding hydrogens is 979 g/mol. The quantitative estimate of drug-likeness (QED) is 0.0476. The first-order valence-corrected chi connectivity index (χ1v) is 22.7. The fraction of sp³-hybridized carbons (Fsp3) is 0.412. The van der Waals surface area contributed by atoms with E-state index in [1.807, 2.05) is 89.8 Å². The molecule has 0 amide bonds. The SMILES string of the molecule is C.C.O=C1OCC(COc2ccc(C(c3ccc(OCC4COC(=O)O4)cc3)c3ccc(OCC4COC(=O)O4)cc3)cc2)O1.O=C1OCC(COc2ccc(N(CC3COC(=O)O3)CC3COC(=O)O3)cc2)O1. The van der Waals surface area contributed by atoms with Gasteiger partial charge in [0.15, 0.2) is 36.6 Å². The molecule has 6 aliphatic rings. The lowest BCUT2D eigenvalue weighted by Gasteiger charge is -2.28. The Morgan fingerprint density at radius 3 is 0.811 bits per heavy atom. The summed E-state index contributed by atoms with van der Waals surface area (Å²) in [5, 5.41) is 0. The summed E-state index contributed by atoms with van der Waals surface area (Å²) in [6.07, 6.45) is -6.80. The van der Waals surface area contributed by atoms with Crippen molar-refractivity contribution in [2.45, 2.75) is 57.4 Å². The van der Waals surface area contributed by atoms with Crippen molar-refractivity contribution in [3.8, 4) is 23.0 Å². The molecule has 6 saturated heterocycles. The van der Waals surface area contributed by atoms with E-state index in [-0.39, 0.29) is 86.8 Å². The summed E-state index contributed by atoms with van der Waals surface area (Å²) in [6, 6.07) is 30.2. The molecule has 6 heterocycles. The molecule has 0 aromatic heterocycles. The molecule has 4 aromatic carbocycles. The number of nitrogens with zero attached hydrogens (tertiary/aromatic N) is 1. The van der Waals surface area contributed by atoms with Gasteiger partial charge in [-0.25, -0.2) is 28.8 Å². The minimum Gasteiger partial charge on any atom is -0.490 e. The molecule has 4 aromatic rings. The van der Waals surface area contributed by atoms with Crippen LogP contribution in [0, 0.1) is 0 Å². The molecule has 0 radical (unpaired) electrons. The number of ether oxygens (including phenoxy) is 16. The van der Waals surface area contributed by atoms with Gasteiger partial charge in [-0.1, -0.05) is 51.3 Å². The van der Waals surface area contributed by atoms with E-state index in [1.54, 1.807) is 12.1 Å². The minimum absolute atomic E-state index is 0. The van der Waals surface area contributed by atoms with Crippen molar-refractivity contribution in [1.29, 1.82) is 0 Å². The molecule has 10 rings (SSSR count). The highest BCUT2D eigenvalue weighted by molar-refractivity contribution is 5.64. The van der Waals surface area contributed by atoms with Crippen LogP contribution < -0.4 is 23.8 Å². The van der Waals surface area contributed by atoms with Gasteiger partial charge in [-0.05, 0) is 77.4 Å². The Labute approximate surface area is 424 Å². The van der Waals surface area contributed by atoms with Crippen LogP contribution in [0.4, 0.5) is 34.5 Å². The van der Waals surface area contributed by atoms with Gasteiger partial charge in [0.2, 0.25) is 0 Å². The summed E-state index contributed by atoms with van der Waals surface area (Å²) in [7, 11) is 0. The smallest absolute Gasteiger partial charge is 0.490 e. The van der Waals surface area contributed by atoms with Crippen molar-refractivity contribution >= 4 is 42.6 Å². The topological polar surface area (TPSA) is 253 Å². The predicted molar refractivity (Wildman–Crippen MR) is 252 cm³/mol. The molecule has 23 heteroatoms. The van der Waals surface area contributed by atoms with Crippen LogP contribution >= 0.6 is 0 Å². The molecule has 6 fully saturated rings. The van der Waals surface area contributed by atoms with E-state index < -0.39 is 73.6 Å². The van der Waals surface area contributed by atoms with Gasteiger partial charge >= 0.3 is 36.9 Å². The molecule has 0 N–H and O–H groups in total. The van der Waals surface area contributed by atoms with Gasteiger partial charge < -0.3 is 80.7 Å². The van der Waals surface area contributed by atoms with Crippen LogP contribution in [-0.2, 0) is 56.8 Å². The van der Waals surface area contributed by atoms with Gasteiger partial charge in [0.25, 0.3) is 0 Å². The second kappa shape index (κ2) is 25.2. The first-order chi connectivity index (χ1) is 35.0. The number of carbonyl (C=O) groups excluding carboxylic acids is 6. The predicted octanol–water partition coefficient (Wildman–Crippen LogP) is 7.36. The molecule has 396 valence electrons. The second-order valence-electron chi connectivity index (χ2n) is 16.6. The standard InChI is InChI=1S/C31H28O12.C18H19NO10.2CH4/c32-29-38-16-25(41-29)13-35-22-7-1-19(2-8-22)28(20-3-9-23(10-4-20)36-14-26-17-39-30(33)42-26)21-5-11-24(12-6-21)37-15-27-18-40-31(34)43-27;20-16-24-7-13(27-16)5-19(6-14-8-25-17(21)28-14)11-1-3-12(4-2-11)23-9-15-10-26-18(22)29-15;;/h1-12,25-28H,13-18H2;1-4,13-15H,5-10H2;2*1H4. The molecular formula is C51H55NO22. The van der Waals surface area contributed by atoms with E-state index in [0.29, 0.717) is 36.1 Å². The van der Waals surface area contributed by atoms with Crippen molar-refractivity contribution in [1.82, 2.24) is 0 Å². The fourth-order valence-corrected chi connectivity index (χ4v) is 7.83. The van der Waals surface area contributed by atoms with Crippen molar-refractivity contribution in [3.05, 3.63) is 114 Å². The van der Waals surface area contributed by atoms with Gasteiger partial charge in [-0.2, -0.15) is 0 Å². The summed E-state index contributed by atoms with van der Waals surface area (Å²) in [5.41, 5.74) is 3.83. The average molecular weight is 1030 g/mol. The van der Waals surface area contributed by atoms with Crippen LogP contribution in [0.15, 0.2) is 97.1 Å². The van der Waals surface area contributed by atoms with Crippen LogP contribution in [0.3, 0.4) is 0 Å². The first-order valence-electron chi connectivity index (χ1n) is 22.7. The highest BCUT2D eigenvalue weighted by atomic mass is 16.8. The Kier molecular flexibility index (Phi) is 18.2. The fourth-order valence-electron chi connectivity index (χ4n) is 7.83. The Morgan fingerprint density at radius 2 is 0.581 bits per heavy atom. The molecule has 6 aliphatic heterocycles. The zero-order chi connectivity index (χ0) is 49.8. The van der Waals surface area contributed by atoms with Crippen LogP contribution in [0.25, 0.3) is 0 Å². The Bertz CT molecular complexity index is 2320. The Balaban J connectivity index is 0.000000226. The maximum Gasteiger partial charge on any atom is 0.508 e. The average Bonchev–Trinajstić information content (AvgIpc) is 4.29. The van der Waals surface area contributed by atoms with E-state index in [0.717, 1.165) is 22.4 Å². The van der Waals surface area contributed by atoms with Gasteiger partial charge in [0, 0.05) is 11.6 Å². The molecule has 23 nitrogen and oxygen atoms in total. The molecule has 6 unspecified atom stereocenters. The van der Waals surface area contributed by atoms with Gasteiger partial charge in [-0.3, -0.25) is 0 Å². The molecule has 0 aliphatic carbocycles. The minimum atomic E-state index is -0.703. The Hall–Kier alpha value is -8.50. The van der Waals surface area contributed by atoms with Crippen molar-refractivity contribution in [3.63, 3.8) is 0 Å². The van der Waals surface area contributed by atoms with E-state index in [9.17, 15) is 28.8 Å². The van der Waals surface area contributed by atoms with Gasteiger partial charge in [0.1, 0.15) is 89.1 Å². The number of carbonyl (C=O) groups is 6. The van der Waals surface area contributed by atoms with Crippen molar-refractivity contribution < 1.29 is 105 Å². The van der Waals surface area contributed by atoms with Gasteiger partial charge in [0.05, 0.1) is 13.1 Å². The first kappa shape index (κ1) is 53.3. The number of hydrogen-bond donors (Lipinski definition) is 0. The van der Waals surface area contributed by atoms with E-state index in [1.165, 1.54) is 0 Å². The van der Waals surface area contributed by atoms with Crippen LogP contribution in [0.5, 0.6) is 23.0 Å². The highest BCUT2D eigenvalue weighted by Crippen LogP contribution is 2.35. The molecule has 0 saturated carbocycles. The number of cyclic esters (lactones) is 12. The monoisotopic (exact) mass is 1030 g/mol. The molecule has 74 heavy (non-hydrogen) atoms. The maximum absolute atomic E-state index is 11.2. The van der Waals surface area contributed by atoms with Gasteiger partial charge in [-0.15, -0.1) is 0 Å². The summed E-state index contributed by atoms with van der Waals surface area (Å²) in [6.45, 7) is 2.42. The third-order valence-corrected chi connectivity index (χ3v) is 11.3. The number of hydrogen-bond acceptors (Lipinski definition) is 23. The molecule has 6 atom stereocenters. The number of rotatable bonds is 20. The lowest BCUT2D eigenvalue weighted by Crippen LogP contribution is -2.39. The highest BCUT2D eigenvalue weighted by Gasteiger charge is 2.33. The van der Waals surface area contributed by atoms with Crippen LogP contribution in [-0.4, -0.2) is 153 Å². The van der Waals surface area contributed by atoms with Crippen molar-refractivity contribution in [2.24, 2.45) is 0 Å². The molecule has 0 spiro atoms. The zero-order valence-corrected chi connectivity index (χ0v) is 38.2. The Morgan fingerprint density at radius 1 is 0.351 bits per heavy atom. The normalized spacial score (nSPS) is 22.4. The van der Waals surface area contributed by atoms with Crippen molar-refractivity contribution in [2.75, 3.05) is 84.1 Å². The summed E-state index contributed by atoms with van der Waals surface area (Å²) in [5.74, 6) is 2.33. The summed E-state index contributed by atoms with van der Waals surface area (Å²) < 4.78 is 82.0. The lowest BCUT2D eigenvalue weighted by molar-refractivity contribution is 0.0977. The number of benzene rings is 4. The maximum atomic E-state index is 11.2. The van der Waals surface area contributed by atoms with E-state index in [2.05, 4.69) is 0 Å². The van der Waals surface area contributed by atoms with E-state index in [4.69, 9.17) is 75.8 Å². The van der Waals surface area contributed by atoms with E-state index >= 15 is 0 Å². The summed E-state index contributed by atoms with van der Waals surface area (Å²) in [4.78, 5) is 68.7. The lowest BCUT2D eigenvalue weighted by atomic mass is 9.85. The third kappa shape index (κ3) is 14.8. The number of anilines is 1. The summed E-state index contributed by atoms with van der Waals surface area (Å²) >= 11 is 0. The largest absolute Gasteiger partial charge is 0.508 e.